The molecule has 1 unspecified atom stereocenters. The van der Waals surface area contributed by atoms with Gasteiger partial charge in [-0.25, -0.2) is 0 Å². The number of carbonyl (C=O) groups is 1. The van der Waals surface area contributed by atoms with Crippen LogP contribution in [0.25, 0.3) is 0 Å². The molecule has 0 spiro atoms. The maximum atomic E-state index is 10.5. The van der Waals surface area contributed by atoms with Crippen LogP contribution >= 0.6 is 0 Å². The predicted molar refractivity (Wildman–Crippen MR) is 43.7 cm³/mol. The largest absolute Gasteiger partial charge is 0.303 e. The van der Waals surface area contributed by atoms with E-state index in [0.717, 1.165) is 12.7 Å². The first-order valence-corrected chi connectivity index (χ1v) is 3.86. The maximum Gasteiger partial charge on any atom is 0.127 e. The molecule has 1 aliphatic rings. The average Bonchev–Trinajstić information content (AvgIpc) is 1.93. The fourth-order valence-electron chi connectivity index (χ4n) is 1.77. The molecular formula is C10H10O. The van der Waals surface area contributed by atoms with Crippen molar-refractivity contribution in [2.24, 2.45) is 0 Å². The molecule has 0 fully saturated rings. The second-order valence-corrected chi connectivity index (χ2v) is 3.09. The molecule has 1 atom stereocenters. The standard InChI is InChI=1S/C10H10O/c1-7-3-2-4-8-5-9(6-11)10(7)8/h2-4,6,9H,5H2,1H3. The number of aldehydes is 1. The predicted octanol–water partition coefficient (Wildman–Crippen LogP) is 1.83. The fraction of sp³-hybridized carbons (Fsp3) is 0.300. The molecule has 0 saturated carbocycles. The van der Waals surface area contributed by atoms with Crippen molar-refractivity contribution in [3.8, 4) is 0 Å². The van der Waals surface area contributed by atoms with Gasteiger partial charge in [-0.2, -0.15) is 0 Å². The van der Waals surface area contributed by atoms with Crippen molar-refractivity contribution in [1.82, 2.24) is 0 Å². The molecule has 0 heterocycles. The number of carbonyl (C=O) groups excluding carboxylic acids is 1. The van der Waals surface area contributed by atoms with Crippen molar-refractivity contribution in [2.75, 3.05) is 0 Å². The molecule has 1 aromatic rings. The van der Waals surface area contributed by atoms with Crippen LogP contribution in [0.3, 0.4) is 0 Å². The van der Waals surface area contributed by atoms with Crippen LogP contribution in [0.5, 0.6) is 0 Å². The van der Waals surface area contributed by atoms with Crippen molar-refractivity contribution in [3.63, 3.8) is 0 Å². The molecule has 56 valence electrons. The highest BCUT2D eigenvalue weighted by Gasteiger charge is 2.26. The van der Waals surface area contributed by atoms with E-state index in [9.17, 15) is 4.79 Å². The third-order valence-corrected chi connectivity index (χ3v) is 2.39. The lowest BCUT2D eigenvalue weighted by molar-refractivity contribution is -0.109. The number of aryl methyl sites for hydroxylation is 1. The topological polar surface area (TPSA) is 17.1 Å². The molecule has 0 aromatic heterocycles. The summed E-state index contributed by atoms with van der Waals surface area (Å²) in [6.45, 7) is 2.06. The van der Waals surface area contributed by atoms with Gasteiger partial charge in [-0.15, -0.1) is 0 Å². The normalized spacial score (nSPS) is 20.3. The molecule has 0 saturated heterocycles. The third kappa shape index (κ3) is 0.805. The average molecular weight is 146 g/mol. The first-order chi connectivity index (χ1) is 5.33. The molecule has 1 heteroatoms. The van der Waals surface area contributed by atoms with Crippen molar-refractivity contribution in [1.29, 1.82) is 0 Å². The Morgan fingerprint density at radius 3 is 3.00 bits per heavy atom. The van der Waals surface area contributed by atoms with Crippen LogP contribution in [-0.2, 0) is 11.2 Å². The van der Waals surface area contributed by atoms with Crippen molar-refractivity contribution in [2.45, 2.75) is 19.3 Å². The van der Waals surface area contributed by atoms with Gasteiger partial charge in [0.1, 0.15) is 6.29 Å². The molecule has 2 rings (SSSR count). The number of fused-ring (bicyclic) bond motifs is 1. The van der Waals surface area contributed by atoms with Gasteiger partial charge in [0.2, 0.25) is 0 Å². The second kappa shape index (κ2) is 2.19. The Kier molecular flexibility index (Phi) is 1.31. The number of benzene rings is 1. The van der Waals surface area contributed by atoms with Crippen LogP contribution < -0.4 is 0 Å². The van der Waals surface area contributed by atoms with Crippen molar-refractivity contribution >= 4 is 6.29 Å². The van der Waals surface area contributed by atoms with Gasteiger partial charge in [0.25, 0.3) is 0 Å². The number of hydrogen-bond acceptors (Lipinski definition) is 1. The molecule has 0 bridgehead atoms. The minimum absolute atomic E-state index is 0.186. The Bertz CT molecular complexity index is 287. The lowest BCUT2D eigenvalue weighted by Gasteiger charge is -2.27. The highest BCUT2D eigenvalue weighted by molar-refractivity contribution is 5.70. The zero-order chi connectivity index (χ0) is 7.84. The van der Waals surface area contributed by atoms with Crippen LogP contribution in [0.15, 0.2) is 18.2 Å². The van der Waals surface area contributed by atoms with Crippen LogP contribution in [-0.4, -0.2) is 6.29 Å². The summed E-state index contributed by atoms with van der Waals surface area (Å²) in [5, 5.41) is 0. The fourth-order valence-corrected chi connectivity index (χ4v) is 1.77. The van der Waals surface area contributed by atoms with Gasteiger partial charge >= 0.3 is 0 Å². The quantitative estimate of drug-likeness (QED) is 0.552. The zero-order valence-electron chi connectivity index (χ0n) is 6.50. The van der Waals surface area contributed by atoms with E-state index in [1.165, 1.54) is 16.7 Å². The number of hydrogen-bond donors (Lipinski definition) is 0. The van der Waals surface area contributed by atoms with Gasteiger partial charge < -0.3 is 4.79 Å². The van der Waals surface area contributed by atoms with Gasteiger partial charge in [-0.05, 0) is 30.0 Å². The first kappa shape index (κ1) is 6.59. The summed E-state index contributed by atoms with van der Waals surface area (Å²) in [5.74, 6) is 0.186. The molecule has 0 amide bonds. The summed E-state index contributed by atoms with van der Waals surface area (Å²) in [7, 11) is 0. The highest BCUT2D eigenvalue weighted by atomic mass is 16.1. The monoisotopic (exact) mass is 146 g/mol. The van der Waals surface area contributed by atoms with Gasteiger partial charge in [-0.1, -0.05) is 18.2 Å². The van der Waals surface area contributed by atoms with Crippen molar-refractivity contribution in [3.05, 3.63) is 34.9 Å². The summed E-state index contributed by atoms with van der Waals surface area (Å²) in [4.78, 5) is 10.5. The first-order valence-electron chi connectivity index (χ1n) is 3.86. The summed E-state index contributed by atoms with van der Waals surface area (Å²) < 4.78 is 0. The minimum atomic E-state index is 0.186. The molecule has 0 radical (unpaired) electrons. The molecular weight excluding hydrogens is 136 g/mol. The molecule has 0 N–H and O–H groups in total. The lowest BCUT2D eigenvalue weighted by Crippen LogP contribution is -2.19. The molecule has 11 heavy (non-hydrogen) atoms. The Balaban J connectivity index is 2.51. The van der Waals surface area contributed by atoms with Gasteiger partial charge in [0.05, 0.1) is 0 Å². The van der Waals surface area contributed by atoms with Crippen LogP contribution in [0.1, 0.15) is 22.6 Å². The maximum absolute atomic E-state index is 10.5. The van der Waals surface area contributed by atoms with E-state index in [1.807, 2.05) is 0 Å². The van der Waals surface area contributed by atoms with E-state index in [1.54, 1.807) is 0 Å². The highest BCUT2D eigenvalue weighted by Crippen LogP contribution is 2.35. The Hall–Kier alpha value is -1.11. The van der Waals surface area contributed by atoms with Crippen LogP contribution in [0.4, 0.5) is 0 Å². The molecule has 1 aromatic carbocycles. The molecule has 0 aliphatic heterocycles. The van der Waals surface area contributed by atoms with E-state index < -0.39 is 0 Å². The van der Waals surface area contributed by atoms with Crippen LogP contribution in [0.2, 0.25) is 0 Å². The minimum Gasteiger partial charge on any atom is -0.303 e. The van der Waals surface area contributed by atoms with Crippen molar-refractivity contribution < 1.29 is 4.79 Å². The van der Waals surface area contributed by atoms with Gasteiger partial charge in [0, 0.05) is 5.92 Å². The van der Waals surface area contributed by atoms with E-state index in [0.29, 0.717) is 0 Å². The summed E-state index contributed by atoms with van der Waals surface area (Å²) in [6, 6.07) is 6.21. The summed E-state index contributed by atoms with van der Waals surface area (Å²) in [6.07, 6.45) is 2.00. The van der Waals surface area contributed by atoms with Gasteiger partial charge in [-0.3, -0.25) is 0 Å². The van der Waals surface area contributed by atoms with Gasteiger partial charge in [0.15, 0.2) is 0 Å². The Labute approximate surface area is 66.0 Å². The van der Waals surface area contributed by atoms with E-state index >= 15 is 0 Å². The second-order valence-electron chi connectivity index (χ2n) is 3.09. The lowest BCUT2D eigenvalue weighted by atomic mass is 9.76. The Morgan fingerprint density at radius 1 is 1.55 bits per heavy atom. The van der Waals surface area contributed by atoms with E-state index in [4.69, 9.17) is 0 Å². The Morgan fingerprint density at radius 2 is 2.36 bits per heavy atom. The van der Waals surface area contributed by atoms with E-state index in [-0.39, 0.29) is 5.92 Å². The molecule has 1 nitrogen and oxygen atoms in total. The molecule has 1 aliphatic carbocycles. The summed E-state index contributed by atoms with van der Waals surface area (Å²) in [5.41, 5.74) is 3.87. The summed E-state index contributed by atoms with van der Waals surface area (Å²) >= 11 is 0. The third-order valence-electron chi connectivity index (χ3n) is 2.39. The number of rotatable bonds is 1. The van der Waals surface area contributed by atoms with Crippen LogP contribution in [0, 0.1) is 6.92 Å². The SMILES string of the molecule is Cc1cccc2c1C(C=O)C2. The zero-order valence-corrected chi connectivity index (χ0v) is 6.50. The smallest absolute Gasteiger partial charge is 0.127 e. The van der Waals surface area contributed by atoms with E-state index in [2.05, 4.69) is 25.1 Å².